The predicted octanol–water partition coefficient (Wildman–Crippen LogP) is 6.34. The highest BCUT2D eigenvalue weighted by atomic mass is 28.4. The highest BCUT2D eigenvalue weighted by Gasteiger charge is 2.57. The zero-order chi connectivity index (χ0) is 23.7. The van der Waals surface area contributed by atoms with Crippen LogP contribution in [0.5, 0.6) is 0 Å². The molecule has 0 aliphatic carbocycles. The molecular formula is C28H40N4Si. The van der Waals surface area contributed by atoms with Crippen LogP contribution in [0.1, 0.15) is 34.6 Å². The van der Waals surface area contributed by atoms with Crippen molar-refractivity contribution < 1.29 is 0 Å². The van der Waals surface area contributed by atoms with Crippen molar-refractivity contribution in [3.05, 3.63) is 91.0 Å². The molecular weight excluding hydrogens is 420 g/mol. The molecule has 0 bridgehead atoms. The first-order valence-electron chi connectivity index (χ1n) is 12.4. The summed E-state index contributed by atoms with van der Waals surface area (Å²) < 4.78 is 10.8. The molecule has 0 saturated carbocycles. The van der Waals surface area contributed by atoms with Gasteiger partial charge in [0, 0.05) is 36.7 Å². The SMILES string of the molecule is CCN(CC)[Si](N(CC)c1ccccc1)(N(CC)c1ccccc1)N(CC)c1ccccc1. The second kappa shape index (κ2) is 11.9. The van der Waals surface area contributed by atoms with Crippen LogP contribution >= 0.6 is 0 Å². The van der Waals surface area contributed by atoms with E-state index >= 15 is 0 Å². The highest BCUT2D eigenvalue weighted by molar-refractivity contribution is 6.87. The largest absolute Gasteiger partial charge is 0.471 e. The van der Waals surface area contributed by atoms with E-state index in [1.54, 1.807) is 0 Å². The number of benzene rings is 3. The van der Waals surface area contributed by atoms with Gasteiger partial charge >= 0.3 is 8.72 Å². The molecule has 33 heavy (non-hydrogen) atoms. The molecule has 0 amide bonds. The van der Waals surface area contributed by atoms with Crippen molar-refractivity contribution in [1.29, 1.82) is 0 Å². The first kappa shape index (κ1) is 24.9. The minimum absolute atomic E-state index is 0.930. The van der Waals surface area contributed by atoms with Gasteiger partial charge in [0.05, 0.1) is 0 Å². The molecule has 0 fully saturated rings. The van der Waals surface area contributed by atoms with Gasteiger partial charge in [-0.25, -0.2) is 0 Å². The summed E-state index contributed by atoms with van der Waals surface area (Å²) in [6.45, 7) is 16.3. The molecule has 0 aliphatic rings. The van der Waals surface area contributed by atoms with Crippen LogP contribution in [0.3, 0.4) is 0 Å². The quantitative estimate of drug-likeness (QED) is 0.292. The Morgan fingerprint density at radius 3 is 0.909 bits per heavy atom. The maximum atomic E-state index is 2.73. The van der Waals surface area contributed by atoms with Crippen LogP contribution < -0.4 is 13.7 Å². The number of hydrogen-bond donors (Lipinski definition) is 0. The van der Waals surface area contributed by atoms with Crippen molar-refractivity contribution in [3.63, 3.8) is 0 Å². The zero-order valence-electron chi connectivity index (χ0n) is 21.0. The summed E-state index contributed by atoms with van der Waals surface area (Å²) in [7, 11) is -2.70. The molecule has 3 rings (SSSR count). The van der Waals surface area contributed by atoms with E-state index in [0.29, 0.717) is 0 Å². The Hall–Kier alpha value is -2.76. The van der Waals surface area contributed by atoms with Gasteiger partial charge in [0.25, 0.3) is 0 Å². The smallest absolute Gasteiger partial charge is 0.352 e. The van der Waals surface area contributed by atoms with Crippen LogP contribution in [-0.2, 0) is 0 Å². The number of rotatable bonds is 12. The number of para-hydroxylation sites is 3. The Bertz CT molecular complexity index is 816. The molecule has 0 spiro atoms. The van der Waals surface area contributed by atoms with Gasteiger partial charge in [-0.05, 0) is 70.3 Å². The van der Waals surface area contributed by atoms with Gasteiger partial charge in [-0.15, -0.1) is 0 Å². The van der Waals surface area contributed by atoms with Gasteiger partial charge in [-0.1, -0.05) is 68.4 Å². The lowest BCUT2D eigenvalue weighted by Crippen LogP contribution is -2.84. The van der Waals surface area contributed by atoms with Crippen LogP contribution in [0, 0.1) is 0 Å². The van der Waals surface area contributed by atoms with E-state index in [-0.39, 0.29) is 0 Å². The van der Waals surface area contributed by atoms with Crippen LogP contribution in [-0.4, -0.2) is 46.0 Å². The number of nitrogens with zero attached hydrogens (tertiary/aromatic N) is 4. The van der Waals surface area contributed by atoms with E-state index < -0.39 is 8.72 Å². The second-order valence-corrected chi connectivity index (χ2v) is 11.5. The summed E-state index contributed by atoms with van der Waals surface area (Å²) in [5, 5.41) is 0. The van der Waals surface area contributed by atoms with E-state index in [1.165, 1.54) is 17.1 Å². The van der Waals surface area contributed by atoms with E-state index in [1.807, 2.05) is 0 Å². The van der Waals surface area contributed by atoms with Crippen LogP contribution in [0.2, 0.25) is 0 Å². The summed E-state index contributed by atoms with van der Waals surface area (Å²) in [5.41, 5.74) is 3.84. The van der Waals surface area contributed by atoms with E-state index in [4.69, 9.17) is 0 Å². The highest BCUT2D eigenvalue weighted by Crippen LogP contribution is 2.36. The molecule has 0 unspecified atom stereocenters. The lowest BCUT2D eigenvalue weighted by Gasteiger charge is -2.58. The van der Waals surface area contributed by atoms with Crippen molar-refractivity contribution >= 4 is 25.8 Å². The molecule has 3 aromatic rings. The van der Waals surface area contributed by atoms with Gasteiger partial charge in [0.15, 0.2) is 0 Å². The van der Waals surface area contributed by atoms with Crippen molar-refractivity contribution in [2.75, 3.05) is 46.4 Å². The van der Waals surface area contributed by atoms with E-state index in [2.05, 4.69) is 144 Å². The Balaban J connectivity index is 2.40. The molecule has 4 nitrogen and oxygen atoms in total. The van der Waals surface area contributed by atoms with Crippen LogP contribution in [0.25, 0.3) is 0 Å². The van der Waals surface area contributed by atoms with Crippen molar-refractivity contribution in [2.24, 2.45) is 0 Å². The van der Waals surface area contributed by atoms with Gasteiger partial charge < -0.3 is 13.7 Å². The monoisotopic (exact) mass is 460 g/mol. The number of hydrogen-bond acceptors (Lipinski definition) is 4. The third-order valence-electron chi connectivity index (χ3n) is 6.43. The van der Waals surface area contributed by atoms with Crippen LogP contribution in [0.15, 0.2) is 91.0 Å². The third-order valence-corrected chi connectivity index (χ3v) is 11.8. The van der Waals surface area contributed by atoms with Crippen molar-refractivity contribution in [1.82, 2.24) is 4.57 Å². The standard InChI is InChI=1S/C28H40N4Si/c1-6-29(7-2)33(30(8-3)26-20-14-11-15-21-26,31(9-4)27-22-16-12-17-23-27)32(10-5)28-24-18-13-19-25-28/h11-25H,6-10H2,1-5H3. The summed E-state index contributed by atoms with van der Waals surface area (Å²) in [4.78, 5) is 0. The first-order valence-corrected chi connectivity index (χ1v) is 14.2. The lowest BCUT2D eigenvalue weighted by molar-refractivity contribution is 0.443. The lowest BCUT2D eigenvalue weighted by atomic mass is 10.3. The normalized spacial score (nSPS) is 11.5. The van der Waals surface area contributed by atoms with E-state index in [9.17, 15) is 0 Å². The van der Waals surface area contributed by atoms with Gasteiger partial charge in [0.2, 0.25) is 0 Å². The average molecular weight is 461 g/mol. The molecule has 0 radical (unpaired) electrons. The Morgan fingerprint density at radius 1 is 0.424 bits per heavy atom. The summed E-state index contributed by atoms with van der Waals surface area (Å²) >= 11 is 0. The Morgan fingerprint density at radius 2 is 0.697 bits per heavy atom. The van der Waals surface area contributed by atoms with Gasteiger partial charge in [-0.2, -0.15) is 0 Å². The zero-order valence-corrected chi connectivity index (χ0v) is 22.0. The Kier molecular flexibility index (Phi) is 8.98. The van der Waals surface area contributed by atoms with Crippen LogP contribution in [0.4, 0.5) is 17.1 Å². The summed E-state index contributed by atoms with van der Waals surface area (Å²) in [5.74, 6) is 0. The number of anilines is 3. The molecule has 0 saturated heterocycles. The molecule has 3 aromatic carbocycles. The third kappa shape index (κ3) is 4.80. The first-order chi connectivity index (χ1) is 16.2. The molecule has 0 N–H and O–H groups in total. The van der Waals surface area contributed by atoms with Gasteiger partial charge in [0.1, 0.15) is 0 Å². The maximum Gasteiger partial charge on any atom is 0.471 e. The Labute approximate surface area is 202 Å². The topological polar surface area (TPSA) is 13.0 Å². The fourth-order valence-corrected chi connectivity index (χ4v) is 10.6. The minimum atomic E-state index is -2.70. The summed E-state index contributed by atoms with van der Waals surface area (Å²) in [6, 6.07) is 32.9. The minimum Gasteiger partial charge on any atom is -0.352 e. The van der Waals surface area contributed by atoms with Gasteiger partial charge in [-0.3, -0.25) is 4.57 Å². The fraction of sp³-hybridized carbons (Fsp3) is 0.357. The van der Waals surface area contributed by atoms with Crippen molar-refractivity contribution in [2.45, 2.75) is 34.6 Å². The molecule has 0 aliphatic heterocycles. The predicted molar refractivity (Wildman–Crippen MR) is 147 cm³/mol. The molecule has 176 valence electrons. The second-order valence-electron chi connectivity index (χ2n) is 8.01. The molecule has 0 atom stereocenters. The molecule has 0 aromatic heterocycles. The maximum absolute atomic E-state index is 2.73. The van der Waals surface area contributed by atoms with Crippen molar-refractivity contribution in [3.8, 4) is 0 Å². The molecule has 0 heterocycles. The molecule has 5 heteroatoms. The summed E-state index contributed by atoms with van der Waals surface area (Å²) in [6.07, 6.45) is 0. The average Bonchev–Trinajstić information content (AvgIpc) is 2.88. The van der Waals surface area contributed by atoms with E-state index in [0.717, 1.165) is 32.7 Å². The fourth-order valence-electron chi connectivity index (χ4n) is 5.12.